The van der Waals surface area contributed by atoms with E-state index in [-0.39, 0.29) is 0 Å². The van der Waals surface area contributed by atoms with E-state index in [9.17, 15) is 0 Å². The second-order valence-corrected chi connectivity index (χ2v) is 6.06. The summed E-state index contributed by atoms with van der Waals surface area (Å²) in [5, 5.41) is 0. The van der Waals surface area contributed by atoms with E-state index in [1.165, 1.54) is 6.42 Å². The summed E-state index contributed by atoms with van der Waals surface area (Å²) in [5.41, 5.74) is 0. The van der Waals surface area contributed by atoms with E-state index in [0.717, 1.165) is 35.5 Å². The summed E-state index contributed by atoms with van der Waals surface area (Å²) in [7, 11) is 0. The lowest BCUT2D eigenvalue weighted by Gasteiger charge is -2.54. The van der Waals surface area contributed by atoms with Crippen molar-refractivity contribution < 1.29 is 0 Å². The Bertz CT molecular complexity index is 174. The van der Waals surface area contributed by atoms with Crippen molar-refractivity contribution in [3.8, 4) is 0 Å². The summed E-state index contributed by atoms with van der Waals surface area (Å²) >= 11 is 0. The van der Waals surface area contributed by atoms with E-state index >= 15 is 0 Å². The molecule has 0 heterocycles. The highest BCUT2D eigenvalue weighted by Crippen LogP contribution is 2.55. The Morgan fingerprint density at radius 1 is 0.846 bits per heavy atom. The number of rotatable bonds is 2. The molecule has 2 atom stereocenters. The molecule has 0 aromatic rings. The Morgan fingerprint density at radius 3 is 1.85 bits per heavy atom. The second kappa shape index (κ2) is 3.29. The first-order valence-electron chi connectivity index (χ1n) is 6.09. The average Bonchev–Trinajstić information content (AvgIpc) is 2.01. The minimum Gasteiger partial charge on any atom is -0.0625 e. The summed E-state index contributed by atoms with van der Waals surface area (Å²) in [6, 6.07) is 0. The van der Waals surface area contributed by atoms with Crippen LogP contribution in [0.5, 0.6) is 0 Å². The fourth-order valence-electron chi connectivity index (χ4n) is 3.94. The number of hydrogen-bond donors (Lipinski definition) is 0. The quantitative estimate of drug-likeness (QED) is 0.603. The van der Waals surface area contributed by atoms with Crippen molar-refractivity contribution in [1.82, 2.24) is 0 Å². The standard InChI is InChI=1S/C13H24/c1-8(2)12-7-10-5-11(6-10)13(12)9(3)4/h8-13H,5-7H2,1-4H3/t10?,11?,12-,13-/m0/s1. The summed E-state index contributed by atoms with van der Waals surface area (Å²) in [6.07, 6.45) is 4.66. The predicted molar refractivity (Wildman–Crippen MR) is 57.5 cm³/mol. The molecule has 13 heavy (non-hydrogen) atoms. The van der Waals surface area contributed by atoms with Crippen LogP contribution in [-0.2, 0) is 0 Å². The van der Waals surface area contributed by atoms with Crippen LogP contribution < -0.4 is 0 Å². The summed E-state index contributed by atoms with van der Waals surface area (Å²) in [5.74, 6) is 6.14. The first-order chi connectivity index (χ1) is 6.09. The molecule has 3 fully saturated rings. The van der Waals surface area contributed by atoms with Gasteiger partial charge in [-0.15, -0.1) is 0 Å². The molecule has 0 aromatic heterocycles. The third-order valence-corrected chi connectivity index (χ3v) is 4.54. The largest absolute Gasteiger partial charge is 0.0625 e. The van der Waals surface area contributed by atoms with Crippen LogP contribution in [0.15, 0.2) is 0 Å². The lowest BCUT2D eigenvalue weighted by atomic mass is 9.51. The second-order valence-electron chi connectivity index (χ2n) is 6.06. The Hall–Kier alpha value is 0. The zero-order valence-electron chi connectivity index (χ0n) is 9.59. The maximum Gasteiger partial charge on any atom is -0.0332 e. The van der Waals surface area contributed by atoms with Crippen LogP contribution in [0.2, 0.25) is 0 Å². The van der Waals surface area contributed by atoms with Crippen LogP contribution in [0.4, 0.5) is 0 Å². The molecule has 3 saturated carbocycles. The molecule has 0 radical (unpaired) electrons. The van der Waals surface area contributed by atoms with Crippen molar-refractivity contribution in [2.45, 2.75) is 47.0 Å². The predicted octanol–water partition coefficient (Wildman–Crippen LogP) is 3.96. The maximum atomic E-state index is 2.43. The van der Waals surface area contributed by atoms with Gasteiger partial charge in [-0.1, -0.05) is 27.7 Å². The molecule has 0 unspecified atom stereocenters. The van der Waals surface area contributed by atoms with Gasteiger partial charge in [-0.05, 0) is 54.8 Å². The van der Waals surface area contributed by atoms with Gasteiger partial charge in [0.25, 0.3) is 0 Å². The molecule has 0 saturated heterocycles. The molecule has 0 amide bonds. The maximum absolute atomic E-state index is 2.43. The molecule has 0 nitrogen and oxygen atoms in total. The highest BCUT2D eigenvalue weighted by Gasteiger charge is 2.47. The Balaban J connectivity index is 2.08. The van der Waals surface area contributed by atoms with Crippen molar-refractivity contribution in [2.75, 3.05) is 0 Å². The van der Waals surface area contributed by atoms with Crippen LogP contribution in [0.1, 0.15) is 47.0 Å². The molecule has 2 bridgehead atoms. The molecule has 0 heteroatoms. The van der Waals surface area contributed by atoms with E-state index < -0.39 is 0 Å². The van der Waals surface area contributed by atoms with Gasteiger partial charge in [0, 0.05) is 0 Å². The SMILES string of the molecule is CC(C)[C@H]1C2CC(C2)C[C@H]1C(C)C. The average molecular weight is 180 g/mol. The van der Waals surface area contributed by atoms with Crippen molar-refractivity contribution >= 4 is 0 Å². The van der Waals surface area contributed by atoms with Crippen molar-refractivity contribution in [3.63, 3.8) is 0 Å². The molecule has 0 aromatic carbocycles. The highest BCUT2D eigenvalue weighted by molar-refractivity contribution is 4.96. The van der Waals surface area contributed by atoms with Gasteiger partial charge in [0.2, 0.25) is 0 Å². The first-order valence-corrected chi connectivity index (χ1v) is 6.09. The number of hydrogen-bond acceptors (Lipinski definition) is 0. The molecule has 3 aliphatic carbocycles. The van der Waals surface area contributed by atoms with Gasteiger partial charge < -0.3 is 0 Å². The van der Waals surface area contributed by atoms with Gasteiger partial charge in [-0.25, -0.2) is 0 Å². The van der Waals surface area contributed by atoms with Gasteiger partial charge in [-0.2, -0.15) is 0 Å². The van der Waals surface area contributed by atoms with Crippen LogP contribution in [0, 0.1) is 35.5 Å². The van der Waals surface area contributed by atoms with E-state index in [1.54, 1.807) is 12.8 Å². The highest BCUT2D eigenvalue weighted by atomic mass is 14.5. The minimum absolute atomic E-state index is 0.915. The Morgan fingerprint density at radius 2 is 1.46 bits per heavy atom. The number of fused-ring (bicyclic) bond motifs is 2. The van der Waals surface area contributed by atoms with E-state index in [4.69, 9.17) is 0 Å². The van der Waals surface area contributed by atoms with Crippen LogP contribution >= 0.6 is 0 Å². The Kier molecular flexibility index (Phi) is 2.42. The van der Waals surface area contributed by atoms with Gasteiger partial charge in [0.1, 0.15) is 0 Å². The van der Waals surface area contributed by atoms with E-state index in [1.807, 2.05) is 0 Å². The molecule has 0 N–H and O–H groups in total. The summed E-state index contributed by atoms with van der Waals surface area (Å²) in [6.45, 7) is 9.70. The lowest BCUT2D eigenvalue weighted by Crippen LogP contribution is -2.46. The minimum atomic E-state index is 0.915. The molecular weight excluding hydrogens is 156 g/mol. The molecule has 3 aliphatic rings. The first kappa shape index (κ1) is 9.55. The fourth-order valence-corrected chi connectivity index (χ4v) is 3.94. The molecule has 0 aliphatic heterocycles. The van der Waals surface area contributed by atoms with Crippen LogP contribution in [0.25, 0.3) is 0 Å². The van der Waals surface area contributed by atoms with Crippen LogP contribution in [0.3, 0.4) is 0 Å². The third kappa shape index (κ3) is 1.53. The Labute approximate surface area is 83.1 Å². The molecule has 3 rings (SSSR count). The smallest absolute Gasteiger partial charge is 0.0332 e. The van der Waals surface area contributed by atoms with Crippen LogP contribution in [-0.4, -0.2) is 0 Å². The summed E-state index contributed by atoms with van der Waals surface area (Å²) < 4.78 is 0. The zero-order valence-corrected chi connectivity index (χ0v) is 9.59. The van der Waals surface area contributed by atoms with Gasteiger partial charge >= 0.3 is 0 Å². The van der Waals surface area contributed by atoms with Gasteiger partial charge in [0.05, 0.1) is 0 Å². The molecular formula is C13H24. The normalized spacial score (nSPS) is 43.8. The monoisotopic (exact) mass is 180 g/mol. The molecule has 0 spiro atoms. The van der Waals surface area contributed by atoms with E-state index in [0.29, 0.717) is 0 Å². The van der Waals surface area contributed by atoms with Gasteiger partial charge in [-0.3, -0.25) is 0 Å². The topological polar surface area (TPSA) is 0 Å². The zero-order chi connectivity index (χ0) is 9.59. The lowest BCUT2D eigenvalue weighted by molar-refractivity contribution is -0.0443. The van der Waals surface area contributed by atoms with Crippen molar-refractivity contribution in [2.24, 2.45) is 35.5 Å². The van der Waals surface area contributed by atoms with Crippen molar-refractivity contribution in [3.05, 3.63) is 0 Å². The third-order valence-electron chi connectivity index (χ3n) is 4.54. The van der Waals surface area contributed by atoms with E-state index in [2.05, 4.69) is 27.7 Å². The molecule has 76 valence electrons. The van der Waals surface area contributed by atoms with Gasteiger partial charge in [0.15, 0.2) is 0 Å². The fraction of sp³-hybridized carbons (Fsp3) is 1.00. The summed E-state index contributed by atoms with van der Waals surface area (Å²) in [4.78, 5) is 0. The van der Waals surface area contributed by atoms with Crippen molar-refractivity contribution in [1.29, 1.82) is 0 Å².